The summed E-state index contributed by atoms with van der Waals surface area (Å²) in [7, 11) is 0. The molecule has 110 valence electrons. The number of aromatic hydroxyl groups is 1. The first kappa shape index (κ1) is 15.0. The molecule has 21 heavy (non-hydrogen) atoms. The maximum atomic E-state index is 11.1. The van der Waals surface area contributed by atoms with E-state index in [9.17, 15) is 15.2 Å². The number of allylic oxidation sites excluding steroid dienone is 4. The van der Waals surface area contributed by atoms with Crippen LogP contribution in [0.5, 0.6) is 5.75 Å². The Hall–Kier alpha value is -2.36. The van der Waals surface area contributed by atoms with Gasteiger partial charge in [-0.15, -0.1) is 0 Å². The highest BCUT2D eigenvalue weighted by molar-refractivity contribution is 5.65. The van der Waals surface area contributed by atoms with Crippen molar-refractivity contribution in [2.24, 2.45) is 0 Å². The van der Waals surface area contributed by atoms with Gasteiger partial charge in [0, 0.05) is 17.2 Å². The molecular weight excluding hydrogens is 266 g/mol. The van der Waals surface area contributed by atoms with Crippen LogP contribution < -0.4 is 0 Å². The Kier molecular flexibility index (Phi) is 3.98. The summed E-state index contributed by atoms with van der Waals surface area (Å²) in [5, 5.41) is 21.5. The number of hydrogen-bond donors (Lipinski definition) is 1. The molecule has 0 aliphatic heterocycles. The van der Waals surface area contributed by atoms with Gasteiger partial charge in [0.15, 0.2) is 0 Å². The average Bonchev–Trinajstić information content (AvgIpc) is 2.40. The highest BCUT2D eigenvalue weighted by Gasteiger charge is 2.21. The van der Waals surface area contributed by atoms with Crippen molar-refractivity contribution in [2.75, 3.05) is 0 Å². The van der Waals surface area contributed by atoms with E-state index in [1.165, 1.54) is 6.08 Å². The van der Waals surface area contributed by atoms with E-state index in [4.69, 9.17) is 0 Å². The van der Waals surface area contributed by atoms with Gasteiger partial charge in [0.2, 0.25) is 0 Å². The van der Waals surface area contributed by atoms with Gasteiger partial charge in [-0.2, -0.15) is 0 Å². The summed E-state index contributed by atoms with van der Waals surface area (Å²) in [4.78, 5) is 10.7. The van der Waals surface area contributed by atoms with Crippen molar-refractivity contribution in [1.29, 1.82) is 0 Å². The van der Waals surface area contributed by atoms with Gasteiger partial charge in [0.05, 0.1) is 4.92 Å². The van der Waals surface area contributed by atoms with Gasteiger partial charge in [0.1, 0.15) is 5.75 Å². The zero-order valence-electron chi connectivity index (χ0n) is 12.5. The maximum Gasteiger partial charge on any atom is 0.272 e. The molecule has 2 rings (SSSR count). The first-order valence-electron chi connectivity index (χ1n) is 6.85. The first-order chi connectivity index (χ1) is 9.80. The normalized spacial score (nSPS) is 16.9. The standard InChI is InChI=1S/C17H19NO3/c1-17(2,3)14-9-6-8-13(16(14)19)11-12-7-4-5-10-15(12)18(20)21/h4-6,8-11,19H,7H2,1-3H3. The number of phenols is 1. The molecule has 4 heteroatoms. The molecule has 1 N–H and O–H groups in total. The smallest absolute Gasteiger partial charge is 0.272 e. The van der Waals surface area contributed by atoms with Crippen molar-refractivity contribution in [1.82, 2.24) is 0 Å². The second-order valence-electron chi connectivity index (χ2n) is 6.10. The third kappa shape index (κ3) is 3.21. The number of phenolic OH excluding ortho intramolecular Hbond substituents is 1. The lowest BCUT2D eigenvalue weighted by Crippen LogP contribution is -2.11. The van der Waals surface area contributed by atoms with Crippen molar-refractivity contribution in [2.45, 2.75) is 32.6 Å². The molecule has 0 aromatic heterocycles. The minimum absolute atomic E-state index is 0.0815. The lowest BCUT2D eigenvalue weighted by atomic mass is 9.85. The molecule has 0 unspecified atom stereocenters. The van der Waals surface area contributed by atoms with E-state index in [1.54, 1.807) is 18.2 Å². The molecule has 0 saturated heterocycles. The van der Waals surface area contributed by atoms with Crippen LogP contribution in [-0.4, -0.2) is 10.0 Å². The minimum atomic E-state index is -0.389. The van der Waals surface area contributed by atoms with Crippen LogP contribution in [0.2, 0.25) is 0 Å². The highest BCUT2D eigenvalue weighted by Crippen LogP contribution is 2.35. The second-order valence-corrected chi connectivity index (χ2v) is 6.10. The molecule has 0 heterocycles. The van der Waals surface area contributed by atoms with Crippen molar-refractivity contribution >= 4 is 6.08 Å². The predicted octanol–water partition coefficient (Wildman–Crippen LogP) is 4.19. The number of benzene rings is 1. The van der Waals surface area contributed by atoms with Crippen molar-refractivity contribution in [3.63, 3.8) is 0 Å². The Morgan fingerprint density at radius 1 is 1.33 bits per heavy atom. The molecule has 0 bridgehead atoms. The van der Waals surface area contributed by atoms with Gasteiger partial charge in [0.25, 0.3) is 5.70 Å². The number of hydrogen-bond acceptors (Lipinski definition) is 3. The van der Waals surface area contributed by atoms with Crippen LogP contribution in [0.25, 0.3) is 6.08 Å². The van der Waals surface area contributed by atoms with Crippen LogP contribution in [0.3, 0.4) is 0 Å². The fourth-order valence-corrected chi connectivity index (χ4v) is 2.35. The van der Waals surface area contributed by atoms with Crippen LogP contribution in [-0.2, 0) is 5.41 Å². The Morgan fingerprint density at radius 2 is 2.05 bits per heavy atom. The second kappa shape index (κ2) is 5.56. The van der Waals surface area contributed by atoms with E-state index < -0.39 is 0 Å². The van der Waals surface area contributed by atoms with Gasteiger partial charge in [-0.25, -0.2) is 0 Å². The van der Waals surface area contributed by atoms with E-state index in [-0.39, 0.29) is 21.8 Å². The Bertz CT molecular complexity index is 661. The Balaban J connectivity index is 2.49. The van der Waals surface area contributed by atoms with E-state index in [0.717, 1.165) is 5.56 Å². The number of rotatable bonds is 2. The van der Waals surface area contributed by atoms with Crippen molar-refractivity contribution in [3.8, 4) is 5.75 Å². The molecule has 0 atom stereocenters. The third-order valence-electron chi connectivity index (χ3n) is 3.46. The summed E-state index contributed by atoms with van der Waals surface area (Å²) in [6, 6.07) is 5.51. The summed E-state index contributed by atoms with van der Waals surface area (Å²) in [6.07, 6.45) is 7.22. The molecule has 0 amide bonds. The lowest BCUT2D eigenvalue weighted by molar-refractivity contribution is -0.420. The lowest BCUT2D eigenvalue weighted by Gasteiger charge is -2.21. The first-order valence-corrected chi connectivity index (χ1v) is 6.85. The molecule has 0 saturated carbocycles. The zero-order chi connectivity index (χ0) is 15.6. The van der Waals surface area contributed by atoms with Gasteiger partial charge in [-0.3, -0.25) is 10.1 Å². The van der Waals surface area contributed by atoms with Gasteiger partial charge in [-0.05, 0) is 23.5 Å². The summed E-state index contributed by atoms with van der Waals surface area (Å²) < 4.78 is 0. The number of para-hydroxylation sites is 1. The fourth-order valence-electron chi connectivity index (χ4n) is 2.35. The van der Waals surface area contributed by atoms with E-state index in [1.807, 2.05) is 39.0 Å². The van der Waals surface area contributed by atoms with Crippen LogP contribution in [0.15, 0.2) is 47.7 Å². The largest absolute Gasteiger partial charge is 0.507 e. The molecule has 1 aliphatic carbocycles. The maximum absolute atomic E-state index is 11.1. The molecule has 1 aromatic carbocycles. The van der Waals surface area contributed by atoms with E-state index in [2.05, 4.69) is 0 Å². The summed E-state index contributed by atoms with van der Waals surface area (Å²) in [5.41, 5.74) is 1.93. The summed E-state index contributed by atoms with van der Waals surface area (Å²) in [5.74, 6) is 0.190. The monoisotopic (exact) mass is 285 g/mol. The Labute approximate surface area is 124 Å². The summed E-state index contributed by atoms with van der Waals surface area (Å²) in [6.45, 7) is 6.06. The SMILES string of the molecule is CC(C)(C)c1cccc(C=C2CC=CC=C2[N+](=O)[O-])c1O. The van der Waals surface area contributed by atoms with Gasteiger partial charge >= 0.3 is 0 Å². The molecule has 0 spiro atoms. The molecule has 1 aromatic rings. The van der Waals surface area contributed by atoms with E-state index in [0.29, 0.717) is 17.6 Å². The van der Waals surface area contributed by atoms with E-state index >= 15 is 0 Å². The fraction of sp³-hybridized carbons (Fsp3) is 0.294. The van der Waals surface area contributed by atoms with Gasteiger partial charge in [-0.1, -0.05) is 51.1 Å². The summed E-state index contributed by atoms with van der Waals surface area (Å²) >= 11 is 0. The number of nitro groups is 1. The third-order valence-corrected chi connectivity index (χ3v) is 3.46. The zero-order valence-corrected chi connectivity index (χ0v) is 12.5. The van der Waals surface area contributed by atoms with Crippen molar-refractivity contribution in [3.05, 3.63) is 68.9 Å². The minimum Gasteiger partial charge on any atom is -0.507 e. The van der Waals surface area contributed by atoms with Crippen molar-refractivity contribution < 1.29 is 10.0 Å². The van der Waals surface area contributed by atoms with Crippen LogP contribution in [0, 0.1) is 10.1 Å². The van der Waals surface area contributed by atoms with Crippen LogP contribution >= 0.6 is 0 Å². The number of nitrogens with zero attached hydrogens (tertiary/aromatic N) is 1. The Morgan fingerprint density at radius 3 is 2.67 bits per heavy atom. The molecule has 0 fully saturated rings. The van der Waals surface area contributed by atoms with Crippen LogP contribution in [0.4, 0.5) is 0 Å². The van der Waals surface area contributed by atoms with Crippen LogP contribution in [0.1, 0.15) is 38.3 Å². The molecular formula is C17H19NO3. The molecule has 4 nitrogen and oxygen atoms in total. The average molecular weight is 285 g/mol. The highest BCUT2D eigenvalue weighted by atomic mass is 16.6. The predicted molar refractivity (Wildman–Crippen MR) is 83.6 cm³/mol. The quantitative estimate of drug-likeness (QED) is 0.654. The van der Waals surface area contributed by atoms with Gasteiger partial charge < -0.3 is 5.11 Å². The molecule has 1 aliphatic rings. The molecule has 0 radical (unpaired) electrons. The topological polar surface area (TPSA) is 63.4 Å².